The molecule has 118 valence electrons. The fourth-order valence-corrected chi connectivity index (χ4v) is 7.23. The summed E-state index contributed by atoms with van der Waals surface area (Å²) >= 11 is 0. The van der Waals surface area contributed by atoms with E-state index in [1.54, 1.807) is 0 Å². The minimum atomic E-state index is 0.632. The highest BCUT2D eigenvalue weighted by atomic mass is 14.9. The van der Waals surface area contributed by atoms with Gasteiger partial charge in [-0.05, 0) is 87.0 Å². The maximum Gasteiger partial charge on any atom is 0.00866 e. The molecule has 0 spiro atoms. The molecule has 4 bridgehead atoms. The third kappa shape index (κ3) is 3.02. The Bertz CT molecular complexity index is 414. The maximum atomic E-state index is 5.41. The summed E-state index contributed by atoms with van der Waals surface area (Å²) in [6, 6.07) is 0.668. The molecule has 0 heterocycles. The highest BCUT2D eigenvalue weighted by Crippen LogP contribution is 2.70. The van der Waals surface area contributed by atoms with Crippen molar-refractivity contribution in [3.05, 3.63) is 0 Å². The van der Waals surface area contributed by atoms with Crippen LogP contribution in [0.2, 0.25) is 0 Å². The molecule has 0 aliphatic heterocycles. The molecule has 0 aromatic rings. The molecule has 4 fully saturated rings. The highest BCUT2D eigenvalue weighted by molar-refractivity contribution is 5.11. The van der Waals surface area contributed by atoms with Crippen LogP contribution >= 0.6 is 0 Å². The fourth-order valence-electron chi connectivity index (χ4n) is 7.23. The van der Waals surface area contributed by atoms with Gasteiger partial charge in [-0.3, -0.25) is 0 Å². The molecule has 4 rings (SSSR count). The molecule has 1 heteroatoms. The number of nitrogens with one attached hydrogen (secondary N) is 1. The Hall–Kier alpha value is -0.480. The quantitative estimate of drug-likeness (QED) is 0.548. The van der Waals surface area contributed by atoms with Crippen molar-refractivity contribution in [3.8, 4) is 12.3 Å². The lowest BCUT2D eigenvalue weighted by atomic mass is 9.39. The van der Waals surface area contributed by atoms with E-state index in [0.29, 0.717) is 22.3 Å². The van der Waals surface area contributed by atoms with E-state index in [0.717, 1.165) is 12.3 Å². The minimum Gasteiger partial charge on any atom is -0.317 e. The standard InChI is InChI=1S/C20H33N/c1-5-6-7-8-17(21-4)12-20-11-16-9-18(2,14-20)13-19(3,10-16)15-20/h1,16-17,21H,6-15H2,2-4H3. The minimum absolute atomic E-state index is 0.632. The van der Waals surface area contributed by atoms with Gasteiger partial charge < -0.3 is 5.32 Å². The predicted molar refractivity (Wildman–Crippen MR) is 90.0 cm³/mol. The molecule has 0 aromatic heterocycles. The fraction of sp³-hybridized carbons (Fsp3) is 0.900. The van der Waals surface area contributed by atoms with Crippen molar-refractivity contribution in [2.75, 3.05) is 7.05 Å². The van der Waals surface area contributed by atoms with Crippen LogP contribution in [-0.2, 0) is 0 Å². The summed E-state index contributed by atoms with van der Waals surface area (Å²) < 4.78 is 0. The van der Waals surface area contributed by atoms with Crippen LogP contribution in [0.25, 0.3) is 0 Å². The highest BCUT2D eigenvalue weighted by Gasteiger charge is 2.59. The number of hydrogen-bond acceptors (Lipinski definition) is 1. The summed E-state index contributed by atoms with van der Waals surface area (Å²) in [4.78, 5) is 0. The van der Waals surface area contributed by atoms with E-state index in [9.17, 15) is 0 Å². The van der Waals surface area contributed by atoms with Gasteiger partial charge >= 0.3 is 0 Å². The van der Waals surface area contributed by atoms with Gasteiger partial charge in [0.25, 0.3) is 0 Å². The first-order valence-corrected chi connectivity index (χ1v) is 9.01. The van der Waals surface area contributed by atoms with E-state index in [4.69, 9.17) is 6.42 Å². The number of unbranched alkanes of at least 4 members (excludes halogenated alkanes) is 1. The van der Waals surface area contributed by atoms with Crippen LogP contribution in [0.15, 0.2) is 0 Å². The van der Waals surface area contributed by atoms with Gasteiger partial charge in [0.05, 0.1) is 0 Å². The van der Waals surface area contributed by atoms with Gasteiger partial charge in [0.2, 0.25) is 0 Å². The Morgan fingerprint density at radius 2 is 1.81 bits per heavy atom. The van der Waals surface area contributed by atoms with Gasteiger partial charge in [0.1, 0.15) is 0 Å². The third-order valence-electron chi connectivity index (χ3n) is 6.70. The lowest BCUT2D eigenvalue weighted by Crippen LogP contribution is -2.56. The summed E-state index contributed by atoms with van der Waals surface area (Å²) in [5.41, 5.74) is 1.92. The van der Waals surface area contributed by atoms with Crippen LogP contribution in [0.3, 0.4) is 0 Å². The predicted octanol–water partition coefficient (Wildman–Crippen LogP) is 4.76. The molecule has 21 heavy (non-hydrogen) atoms. The third-order valence-corrected chi connectivity index (χ3v) is 6.70. The van der Waals surface area contributed by atoms with E-state index in [2.05, 4.69) is 32.1 Å². The average Bonchev–Trinajstić information content (AvgIpc) is 2.33. The summed E-state index contributed by atoms with van der Waals surface area (Å²) in [6.07, 6.45) is 19.1. The molecular formula is C20H33N. The molecule has 0 radical (unpaired) electrons. The van der Waals surface area contributed by atoms with E-state index in [-0.39, 0.29) is 0 Å². The van der Waals surface area contributed by atoms with Crippen molar-refractivity contribution < 1.29 is 0 Å². The van der Waals surface area contributed by atoms with Crippen molar-refractivity contribution in [1.82, 2.24) is 5.32 Å². The SMILES string of the molecule is C#CCCCC(CC12CC3CC(C)(CC(C)(C3)C1)C2)NC. The lowest BCUT2D eigenvalue weighted by molar-refractivity contribution is -0.150. The van der Waals surface area contributed by atoms with Crippen LogP contribution in [0, 0.1) is 34.5 Å². The zero-order valence-corrected chi connectivity index (χ0v) is 14.3. The number of hydrogen-bond donors (Lipinski definition) is 1. The van der Waals surface area contributed by atoms with E-state index < -0.39 is 0 Å². The van der Waals surface area contributed by atoms with Crippen LogP contribution in [0.1, 0.15) is 78.1 Å². The molecule has 0 aromatic carbocycles. The van der Waals surface area contributed by atoms with Crippen molar-refractivity contribution in [2.45, 2.75) is 84.1 Å². The van der Waals surface area contributed by atoms with Crippen LogP contribution in [-0.4, -0.2) is 13.1 Å². The summed E-state index contributed by atoms with van der Waals surface area (Å²) in [6.45, 7) is 5.16. The van der Waals surface area contributed by atoms with Gasteiger partial charge in [-0.15, -0.1) is 12.3 Å². The Balaban J connectivity index is 1.70. The first-order chi connectivity index (χ1) is 9.90. The van der Waals surface area contributed by atoms with E-state index in [1.165, 1.54) is 57.8 Å². The summed E-state index contributed by atoms with van der Waals surface area (Å²) in [5.74, 6) is 3.80. The first kappa shape index (κ1) is 15.4. The molecule has 4 aliphatic rings. The molecular weight excluding hydrogens is 254 g/mol. The van der Waals surface area contributed by atoms with E-state index in [1.807, 2.05) is 0 Å². The van der Waals surface area contributed by atoms with Gasteiger partial charge in [-0.25, -0.2) is 0 Å². The molecule has 3 unspecified atom stereocenters. The smallest absolute Gasteiger partial charge is 0.00866 e. The molecule has 3 atom stereocenters. The van der Waals surface area contributed by atoms with Crippen molar-refractivity contribution >= 4 is 0 Å². The van der Waals surface area contributed by atoms with Crippen molar-refractivity contribution in [3.63, 3.8) is 0 Å². The average molecular weight is 287 g/mol. The van der Waals surface area contributed by atoms with Crippen LogP contribution in [0.5, 0.6) is 0 Å². The van der Waals surface area contributed by atoms with Gasteiger partial charge in [0, 0.05) is 12.5 Å². The maximum absolute atomic E-state index is 5.41. The molecule has 0 amide bonds. The van der Waals surface area contributed by atoms with Gasteiger partial charge in [0.15, 0.2) is 0 Å². The van der Waals surface area contributed by atoms with E-state index >= 15 is 0 Å². The Labute approximate surface area is 131 Å². The second kappa shape index (κ2) is 5.31. The number of terminal acetylenes is 1. The molecule has 4 saturated carbocycles. The molecule has 0 saturated heterocycles. The normalized spacial score (nSPS) is 45.5. The Morgan fingerprint density at radius 3 is 2.33 bits per heavy atom. The van der Waals surface area contributed by atoms with Gasteiger partial charge in [-0.2, -0.15) is 0 Å². The molecule has 1 nitrogen and oxygen atoms in total. The summed E-state index contributed by atoms with van der Waals surface area (Å²) in [7, 11) is 2.14. The van der Waals surface area contributed by atoms with Crippen LogP contribution < -0.4 is 5.32 Å². The molecule has 1 N–H and O–H groups in total. The largest absolute Gasteiger partial charge is 0.317 e. The second-order valence-electron chi connectivity index (χ2n) is 9.42. The monoisotopic (exact) mass is 287 g/mol. The lowest BCUT2D eigenvalue weighted by Gasteiger charge is -2.66. The second-order valence-corrected chi connectivity index (χ2v) is 9.42. The molecule has 4 aliphatic carbocycles. The van der Waals surface area contributed by atoms with Crippen molar-refractivity contribution in [1.29, 1.82) is 0 Å². The zero-order chi connectivity index (χ0) is 15.1. The number of rotatable bonds is 6. The van der Waals surface area contributed by atoms with Gasteiger partial charge in [-0.1, -0.05) is 13.8 Å². The Kier molecular flexibility index (Phi) is 3.90. The first-order valence-electron chi connectivity index (χ1n) is 9.01. The van der Waals surface area contributed by atoms with Crippen LogP contribution in [0.4, 0.5) is 0 Å². The Morgan fingerprint density at radius 1 is 1.14 bits per heavy atom. The topological polar surface area (TPSA) is 12.0 Å². The zero-order valence-electron chi connectivity index (χ0n) is 14.3. The van der Waals surface area contributed by atoms with Crippen molar-refractivity contribution in [2.24, 2.45) is 22.2 Å². The summed E-state index contributed by atoms with van der Waals surface area (Å²) in [5, 5.41) is 3.59.